The first-order valence-electron chi connectivity index (χ1n) is 6.24. The summed E-state index contributed by atoms with van der Waals surface area (Å²) < 4.78 is 0. The molecule has 0 aliphatic heterocycles. The van der Waals surface area contributed by atoms with Crippen LogP contribution < -0.4 is 0 Å². The first kappa shape index (κ1) is 15.8. The molecule has 2 unspecified atom stereocenters. The van der Waals surface area contributed by atoms with Crippen molar-refractivity contribution in [1.29, 1.82) is 0 Å². The minimum Gasteiger partial charge on any atom is -0.392 e. The normalized spacial score (nSPS) is 16.7. The number of hydrogen-bond donors (Lipinski definition) is 1. The zero-order valence-electron chi connectivity index (χ0n) is 11.9. The van der Waals surface area contributed by atoms with Crippen LogP contribution >= 0.6 is 11.8 Å². The predicted octanol–water partition coefficient (Wildman–Crippen LogP) is 3.23. The molecule has 1 aromatic rings. The molecular formula is C15H22N2OS. The molecule has 1 aromatic carbocycles. The van der Waals surface area contributed by atoms with E-state index in [9.17, 15) is 5.11 Å². The highest BCUT2D eigenvalue weighted by Gasteiger charge is 2.25. The minimum atomic E-state index is -0.496. The van der Waals surface area contributed by atoms with Gasteiger partial charge in [0.25, 0.3) is 0 Å². The summed E-state index contributed by atoms with van der Waals surface area (Å²) in [6, 6.07) is 10.1. The smallest absolute Gasteiger partial charge is 0.0650 e. The second-order valence-corrected chi connectivity index (χ2v) is 5.85. The van der Waals surface area contributed by atoms with Crippen LogP contribution in [0.1, 0.15) is 13.8 Å². The Bertz CT molecular complexity index is 429. The molecule has 0 saturated carbocycles. The molecule has 0 bridgehead atoms. The van der Waals surface area contributed by atoms with Gasteiger partial charge < -0.3 is 10.1 Å². The fourth-order valence-electron chi connectivity index (χ4n) is 1.29. The van der Waals surface area contributed by atoms with E-state index in [1.165, 1.54) is 4.90 Å². The van der Waals surface area contributed by atoms with Crippen LogP contribution in [0.4, 0.5) is 0 Å². The van der Waals surface area contributed by atoms with Crippen LogP contribution in [0.15, 0.2) is 51.8 Å². The number of hydrogen-bond acceptors (Lipinski definition) is 4. The Labute approximate surface area is 120 Å². The number of nitrogens with zero attached hydrogens (tertiary/aromatic N) is 2. The molecule has 3 nitrogen and oxygen atoms in total. The summed E-state index contributed by atoms with van der Waals surface area (Å²) in [7, 11) is 3.72. The van der Waals surface area contributed by atoms with E-state index < -0.39 is 11.5 Å². The van der Waals surface area contributed by atoms with Gasteiger partial charge in [-0.15, -0.1) is 0 Å². The van der Waals surface area contributed by atoms with Crippen molar-refractivity contribution < 1.29 is 5.11 Å². The Hall–Kier alpha value is -1.26. The molecule has 104 valence electrons. The number of aliphatic hydroxyl groups is 1. The predicted molar refractivity (Wildman–Crippen MR) is 83.4 cm³/mol. The quantitative estimate of drug-likeness (QED) is 0.493. The lowest BCUT2D eigenvalue weighted by Gasteiger charge is -2.25. The van der Waals surface area contributed by atoms with Crippen LogP contribution in [-0.4, -0.2) is 36.5 Å². The Morgan fingerprint density at radius 2 is 1.95 bits per heavy atom. The number of aliphatic hydroxyl groups excluding tert-OH is 1. The molecule has 0 aliphatic carbocycles. The van der Waals surface area contributed by atoms with Gasteiger partial charge in [-0.2, -0.15) is 5.10 Å². The molecule has 0 amide bonds. The maximum absolute atomic E-state index is 9.91. The van der Waals surface area contributed by atoms with Crippen LogP contribution in [0.25, 0.3) is 0 Å². The molecule has 19 heavy (non-hydrogen) atoms. The summed E-state index contributed by atoms with van der Waals surface area (Å²) in [5, 5.41) is 17.9. The zero-order valence-corrected chi connectivity index (χ0v) is 12.8. The topological polar surface area (TPSA) is 35.8 Å². The Balaban J connectivity index is 2.73. The first-order valence-corrected chi connectivity index (χ1v) is 7.12. The largest absolute Gasteiger partial charge is 0.392 e. The van der Waals surface area contributed by atoms with E-state index in [0.29, 0.717) is 0 Å². The highest BCUT2D eigenvalue weighted by molar-refractivity contribution is 8.02. The second kappa shape index (κ2) is 7.36. The van der Waals surface area contributed by atoms with E-state index in [4.69, 9.17) is 0 Å². The third-order valence-corrected chi connectivity index (χ3v) is 3.66. The monoisotopic (exact) mass is 278 g/mol. The zero-order chi connectivity index (χ0) is 14.3. The molecular weight excluding hydrogens is 256 g/mol. The van der Waals surface area contributed by atoms with Crippen molar-refractivity contribution in [3.8, 4) is 0 Å². The van der Waals surface area contributed by atoms with E-state index in [-0.39, 0.29) is 0 Å². The highest BCUT2D eigenvalue weighted by Crippen LogP contribution is 2.25. The van der Waals surface area contributed by atoms with Crippen molar-refractivity contribution in [3.05, 3.63) is 41.8 Å². The summed E-state index contributed by atoms with van der Waals surface area (Å²) in [5.74, 6) is 0. The van der Waals surface area contributed by atoms with E-state index in [0.717, 1.165) is 0 Å². The van der Waals surface area contributed by atoms with Crippen molar-refractivity contribution in [3.63, 3.8) is 0 Å². The van der Waals surface area contributed by atoms with Gasteiger partial charge >= 0.3 is 0 Å². The summed E-state index contributed by atoms with van der Waals surface area (Å²) >= 11 is 1.63. The first-order chi connectivity index (χ1) is 8.94. The molecule has 4 heteroatoms. The molecule has 0 radical (unpaired) electrons. The number of thioether (sulfide) groups is 1. The van der Waals surface area contributed by atoms with Crippen molar-refractivity contribution in [2.45, 2.75) is 24.8 Å². The van der Waals surface area contributed by atoms with Gasteiger partial charge in [-0.05, 0) is 31.4 Å². The minimum absolute atomic E-state index is 0.466. The average Bonchev–Trinajstić information content (AvgIpc) is 2.37. The standard InChI is InChI=1S/C15H22N2OS/c1-13(18)15(2,12-16-17(3)4)10-11-19-14-8-6-5-7-9-14/h5-13,18H,1-4H3/b11-10+,16-12+. The maximum Gasteiger partial charge on any atom is 0.0650 e. The number of rotatable bonds is 6. The van der Waals surface area contributed by atoms with Gasteiger partial charge in [-0.3, -0.25) is 0 Å². The van der Waals surface area contributed by atoms with E-state index in [2.05, 4.69) is 17.2 Å². The van der Waals surface area contributed by atoms with E-state index in [1.54, 1.807) is 29.9 Å². The fraction of sp³-hybridized carbons (Fsp3) is 0.400. The van der Waals surface area contributed by atoms with Crippen molar-refractivity contribution in [2.75, 3.05) is 14.1 Å². The van der Waals surface area contributed by atoms with Gasteiger partial charge in [-0.25, -0.2) is 0 Å². The summed E-state index contributed by atoms with van der Waals surface area (Å²) in [6.07, 6.45) is 3.27. The van der Waals surface area contributed by atoms with Crippen LogP contribution in [0.3, 0.4) is 0 Å². The molecule has 0 saturated heterocycles. The van der Waals surface area contributed by atoms with E-state index >= 15 is 0 Å². The molecule has 0 fully saturated rings. The second-order valence-electron chi connectivity index (χ2n) is 4.87. The average molecular weight is 278 g/mol. The lowest BCUT2D eigenvalue weighted by molar-refractivity contribution is 0.130. The van der Waals surface area contributed by atoms with Gasteiger partial charge in [-0.1, -0.05) is 36.0 Å². The van der Waals surface area contributed by atoms with Crippen LogP contribution in [0.2, 0.25) is 0 Å². The number of benzene rings is 1. The Morgan fingerprint density at radius 1 is 1.32 bits per heavy atom. The maximum atomic E-state index is 9.91. The Morgan fingerprint density at radius 3 is 2.47 bits per heavy atom. The Kier molecular flexibility index (Phi) is 6.12. The molecule has 1 rings (SSSR count). The highest BCUT2D eigenvalue weighted by atomic mass is 32.2. The molecule has 0 aliphatic rings. The molecule has 0 aromatic heterocycles. The summed E-state index contributed by atoms with van der Waals surface area (Å²) in [4.78, 5) is 1.18. The van der Waals surface area contributed by atoms with Crippen molar-refractivity contribution in [2.24, 2.45) is 10.5 Å². The SMILES string of the molecule is CC(O)C(C)(/C=C/Sc1ccccc1)/C=N/N(C)C. The van der Waals surface area contributed by atoms with Crippen molar-refractivity contribution >= 4 is 18.0 Å². The van der Waals surface area contributed by atoms with E-state index in [1.807, 2.05) is 50.7 Å². The van der Waals surface area contributed by atoms with Gasteiger partial charge in [0.05, 0.1) is 6.10 Å². The third-order valence-electron chi connectivity index (χ3n) is 2.84. The van der Waals surface area contributed by atoms with Crippen LogP contribution in [-0.2, 0) is 0 Å². The van der Waals surface area contributed by atoms with Gasteiger partial charge in [0.1, 0.15) is 0 Å². The van der Waals surface area contributed by atoms with Gasteiger partial charge in [0.2, 0.25) is 0 Å². The summed E-state index contributed by atoms with van der Waals surface area (Å²) in [6.45, 7) is 3.74. The molecule has 1 N–H and O–H groups in total. The van der Waals surface area contributed by atoms with Crippen LogP contribution in [0, 0.1) is 5.41 Å². The van der Waals surface area contributed by atoms with Gasteiger partial charge in [0.15, 0.2) is 0 Å². The van der Waals surface area contributed by atoms with Crippen molar-refractivity contribution in [1.82, 2.24) is 5.01 Å². The third kappa shape index (κ3) is 5.49. The summed E-state index contributed by atoms with van der Waals surface area (Å²) in [5.41, 5.74) is -0.466. The lowest BCUT2D eigenvalue weighted by Crippen LogP contribution is -2.30. The molecule has 0 heterocycles. The van der Waals surface area contributed by atoms with Gasteiger partial charge in [0, 0.05) is 30.6 Å². The van der Waals surface area contributed by atoms with Crippen LogP contribution in [0.5, 0.6) is 0 Å². The molecule has 0 spiro atoms. The fourth-order valence-corrected chi connectivity index (χ4v) is 2.12. The number of hydrazone groups is 1. The lowest BCUT2D eigenvalue weighted by atomic mass is 9.87. The molecule has 2 atom stereocenters.